The van der Waals surface area contributed by atoms with Crippen molar-refractivity contribution in [2.75, 3.05) is 13.1 Å². The van der Waals surface area contributed by atoms with Gasteiger partial charge in [0.15, 0.2) is 5.65 Å². The van der Waals surface area contributed by atoms with E-state index in [9.17, 15) is 8.42 Å². The molecule has 1 aromatic carbocycles. The topological polar surface area (TPSA) is 68.1 Å². The minimum Gasteiger partial charge on any atom is -0.300 e. The zero-order valence-corrected chi connectivity index (χ0v) is 21.6. The van der Waals surface area contributed by atoms with Crippen molar-refractivity contribution in [3.63, 3.8) is 0 Å². The van der Waals surface area contributed by atoms with Crippen LogP contribution in [0.1, 0.15) is 55.0 Å². The normalized spacial score (nSPS) is 21.6. The molecule has 0 atom stereocenters. The van der Waals surface area contributed by atoms with Crippen LogP contribution in [-0.4, -0.2) is 46.4 Å². The van der Waals surface area contributed by atoms with Crippen molar-refractivity contribution >= 4 is 32.4 Å². The number of aromatic nitrogens is 3. The highest BCUT2D eigenvalue weighted by Crippen LogP contribution is 2.39. The predicted octanol–water partition coefficient (Wildman–Crippen LogP) is 5.83. The molecule has 1 aliphatic carbocycles. The Hall–Kier alpha value is -2.55. The van der Waals surface area contributed by atoms with Gasteiger partial charge >= 0.3 is 0 Å². The number of aryl methyl sites for hydroxylation is 1. The average Bonchev–Trinajstić information content (AvgIpc) is 3.64. The van der Waals surface area contributed by atoms with E-state index in [0.717, 1.165) is 40.5 Å². The van der Waals surface area contributed by atoms with E-state index in [4.69, 9.17) is 4.98 Å². The Morgan fingerprint density at radius 3 is 2.46 bits per heavy atom. The summed E-state index contributed by atoms with van der Waals surface area (Å²) in [5, 5.41) is 3.81. The number of pyridine rings is 1. The third-order valence-electron chi connectivity index (χ3n) is 7.65. The molecule has 4 aromatic rings. The Balaban J connectivity index is 1.39. The second-order valence-corrected chi connectivity index (χ2v) is 12.7. The lowest BCUT2D eigenvalue weighted by atomic mass is 9.81. The standard InChI is InChI=1S/C27H30N4O2S2/c1-19-29-26(18-34-19)25-17-31(35(32,33)23-7-3-2-4-8-23)27-24(25)15-21(16-28-27)20-9-11-22(12-10-20)30-13-5-6-14-30/h2-4,7-8,15-18,20,22H,5-6,9-14H2,1H3. The fourth-order valence-corrected chi connectivity index (χ4v) is 7.74. The van der Waals surface area contributed by atoms with E-state index in [1.807, 2.05) is 24.6 Å². The molecular weight excluding hydrogens is 476 g/mol. The van der Waals surface area contributed by atoms with Gasteiger partial charge in [-0.3, -0.25) is 0 Å². The van der Waals surface area contributed by atoms with E-state index < -0.39 is 10.0 Å². The van der Waals surface area contributed by atoms with E-state index in [0.29, 0.717) is 11.6 Å². The molecule has 0 N–H and O–H groups in total. The van der Waals surface area contributed by atoms with Gasteiger partial charge in [-0.25, -0.2) is 22.4 Å². The number of benzene rings is 1. The minimum atomic E-state index is -3.78. The molecule has 0 amide bonds. The van der Waals surface area contributed by atoms with Crippen molar-refractivity contribution < 1.29 is 8.42 Å². The van der Waals surface area contributed by atoms with Crippen LogP contribution in [0.4, 0.5) is 0 Å². The molecule has 0 bridgehead atoms. The van der Waals surface area contributed by atoms with Crippen LogP contribution in [-0.2, 0) is 10.0 Å². The van der Waals surface area contributed by atoms with E-state index >= 15 is 0 Å². The molecular formula is C27H30N4O2S2. The van der Waals surface area contributed by atoms with E-state index in [1.165, 1.54) is 48.3 Å². The van der Waals surface area contributed by atoms with Crippen LogP contribution in [0.3, 0.4) is 0 Å². The molecule has 0 unspecified atom stereocenters. The first-order chi connectivity index (χ1) is 17.0. The first-order valence-corrected chi connectivity index (χ1v) is 14.8. The van der Waals surface area contributed by atoms with Gasteiger partial charge in [0.05, 0.1) is 15.6 Å². The first kappa shape index (κ1) is 22.9. The largest absolute Gasteiger partial charge is 0.300 e. The zero-order chi connectivity index (χ0) is 24.0. The molecule has 1 saturated heterocycles. The van der Waals surface area contributed by atoms with Crippen LogP contribution in [0.25, 0.3) is 22.3 Å². The number of fused-ring (bicyclic) bond motifs is 1. The first-order valence-electron chi connectivity index (χ1n) is 12.5. The molecule has 4 heterocycles. The van der Waals surface area contributed by atoms with Gasteiger partial charge < -0.3 is 4.90 Å². The molecule has 0 radical (unpaired) electrons. The summed E-state index contributed by atoms with van der Waals surface area (Å²) in [5.74, 6) is 0.463. The van der Waals surface area contributed by atoms with Crippen molar-refractivity contribution in [2.45, 2.75) is 62.3 Å². The molecule has 35 heavy (non-hydrogen) atoms. The summed E-state index contributed by atoms with van der Waals surface area (Å²) in [6.45, 7) is 4.47. The highest BCUT2D eigenvalue weighted by Gasteiger charge is 2.29. The Morgan fingerprint density at radius 1 is 1.03 bits per heavy atom. The number of hydrogen-bond donors (Lipinski definition) is 0. The molecule has 182 valence electrons. The van der Waals surface area contributed by atoms with Gasteiger partial charge in [-0.05, 0) is 88.2 Å². The molecule has 6 nitrogen and oxygen atoms in total. The SMILES string of the molecule is Cc1nc(-c2cn(S(=O)(=O)c3ccccc3)c3ncc(C4CCC(N5CCCC5)CC4)cc23)cs1. The Kier molecular flexibility index (Phi) is 5.98. The Labute approximate surface area is 210 Å². The third-order valence-corrected chi connectivity index (χ3v) is 10.1. The highest BCUT2D eigenvalue weighted by atomic mass is 32.2. The molecule has 1 aliphatic heterocycles. The number of likely N-dealkylation sites (tertiary alicyclic amines) is 1. The summed E-state index contributed by atoms with van der Waals surface area (Å²) in [6, 6.07) is 11.4. The van der Waals surface area contributed by atoms with Crippen LogP contribution in [0.2, 0.25) is 0 Å². The van der Waals surface area contributed by atoms with E-state index in [2.05, 4.69) is 16.0 Å². The monoisotopic (exact) mass is 506 g/mol. The number of rotatable bonds is 5. The molecule has 3 aromatic heterocycles. The molecule has 6 rings (SSSR count). The van der Waals surface area contributed by atoms with Crippen LogP contribution in [0.5, 0.6) is 0 Å². The van der Waals surface area contributed by atoms with Crippen molar-refractivity contribution in [3.05, 3.63) is 64.7 Å². The molecule has 0 spiro atoms. The second kappa shape index (κ2) is 9.15. The summed E-state index contributed by atoms with van der Waals surface area (Å²) in [4.78, 5) is 12.3. The maximum Gasteiger partial charge on any atom is 0.269 e. The van der Waals surface area contributed by atoms with Crippen LogP contribution >= 0.6 is 11.3 Å². The van der Waals surface area contributed by atoms with Crippen molar-refractivity contribution in [1.82, 2.24) is 18.8 Å². The lowest BCUT2D eigenvalue weighted by Crippen LogP contribution is -2.35. The zero-order valence-electron chi connectivity index (χ0n) is 19.9. The molecule has 2 fully saturated rings. The quantitative estimate of drug-likeness (QED) is 0.341. The summed E-state index contributed by atoms with van der Waals surface area (Å²) < 4.78 is 28.4. The van der Waals surface area contributed by atoms with Gasteiger partial charge in [-0.15, -0.1) is 11.3 Å². The van der Waals surface area contributed by atoms with Crippen LogP contribution in [0, 0.1) is 6.92 Å². The molecule has 8 heteroatoms. The van der Waals surface area contributed by atoms with Gasteiger partial charge in [0.1, 0.15) is 0 Å². The van der Waals surface area contributed by atoms with E-state index in [-0.39, 0.29) is 4.90 Å². The minimum absolute atomic E-state index is 0.254. The average molecular weight is 507 g/mol. The predicted molar refractivity (Wildman–Crippen MR) is 140 cm³/mol. The Morgan fingerprint density at radius 2 is 1.77 bits per heavy atom. The van der Waals surface area contributed by atoms with Gasteiger partial charge in [0.2, 0.25) is 0 Å². The summed E-state index contributed by atoms with van der Waals surface area (Å²) in [6.07, 6.45) is 11.0. The summed E-state index contributed by atoms with van der Waals surface area (Å²) in [7, 11) is -3.78. The van der Waals surface area contributed by atoms with Crippen molar-refractivity contribution in [1.29, 1.82) is 0 Å². The Bertz CT molecular complexity index is 1450. The third kappa shape index (κ3) is 4.21. The smallest absolute Gasteiger partial charge is 0.269 e. The van der Waals surface area contributed by atoms with E-state index in [1.54, 1.807) is 41.8 Å². The van der Waals surface area contributed by atoms with Gasteiger partial charge in [-0.1, -0.05) is 18.2 Å². The van der Waals surface area contributed by atoms with Gasteiger partial charge in [-0.2, -0.15) is 0 Å². The maximum absolute atomic E-state index is 13.5. The van der Waals surface area contributed by atoms with Crippen molar-refractivity contribution in [2.24, 2.45) is 0 Å². The second-order valence-electron chi connectivity index (χ2n) is 9.80. The fourth-order valence-electron chi connectivity index (χ4n) is 5.78. The lowest BCUT2D eigenvalue weighted by molar-refractivity contribution is 0.182. The van der Waals surface area contributed by atoms with Crippen LogP contribution in [0.15, 0.2) is 59.1 Å². The summed E-state index contributed by atoms with van der Waals surface area (Å²) in [5.41, 5.74) is 3.30. The number of hydrogen-bond acceptors (Lipinski definition) is 6. The molecule has 1 saturated carbocycles. The molecule has 2 aliphatic rings. The summed E-state index contributed by atoms with van der Waals surface area (Å²) >= 11 is 1.57. The highest BCUT2D eigenvalue weighted by molar-refractivity contribution is 7.90. The van der Waals surface area contributed by atoms with Crippen LogP contribution < -0.4 is 0 Å². The van der Waals surface area contributed by atoms with Gasteiger partial charge in [0, 0.05) is 34.8 Å². The fraction of sp³-hybridized carbons (Fsp3) is 0.407. The van der Waals surface area contributed by atoms with Gasteiger partial charge in [0.25, 0.3) is 10.0 Å². The lowest BCUT2D eigenvalue weighted by Gasteiger charge is -2.34. The maximum atomic E-state index is 13.5. The van der Waals surface area contributed by atoms with Crippen molar-refractivity contribution in [3.8, 4) is 11.3 Å². The number of thiazole rings is 1. The number of nitrogens with zero attached hydrogens (tertiary/aromatic N) is 4.